The fourth-order valence-electron chi connectivity index (χ4n) is 3.34. The van der Waals surface area contributed by atoms with Crippen molar-refractivity contribution in [2.75, 3.05) is 6.61 Å². The molecule has 0 bridgehead atoms. The summed E-state index contributed by atoms with van der Waals surface area (Å²) in [6, 6.07) is 1.36. The number of rotatable bonds is 19. The highest BCUT2D eigenvalue weighted by atomic mass is 28.4. The Labute approximate surface area is 155 Å². The molecule has 0 radical (unpaired) electrons. The Morgan fingerprint density at radius 2 is 0.875 bits per heavy atom. The van der Waals surface area contributed by atoms with Gasteiger partial charge in [-0.2, -0.15) is 0 Å². The van der Waals surface area contributed by atoms with Gasteiger partial charge in [0.1, 0.15) is 0 Å². The molecular formula is C22H48OSi. The van der Waals surface area contributed by atoms with Gasteiger partial charge >= 0.3 is 0 Å². The fourth-order valence-corrected chi connectivity index (χ4v) is 5.28. The second-order valence-corrected chi connectivity index (χ2v) is 12.6. The highest BCUT2D eigenvalue weighted by Gasteiger charge is 2.21. The van der Waals surface area contributed by atoms with Crippen molar-refractivity contribution in [2.45, 2.75) is 136 Å². The molecule has 1 nitrogen and oxygen atoms in total. The van der Waals surface area contributed by atoms with Gasteiger partial charge in [-0.15, -0.1) is 0 Å². The summed E-state index contributed by atoms with van der Waals surface area (Å²) in [5.41, 5.74) is 0. The SMILES string of the molecule is CCCCCCCCCCCCO[Si](C)(C)CCCCCCCC. The lowest BCUT2D eigenvalue weighted by atomic mass is 10.1. The maximum atomic E-state index is 6.27. The summed E-state index contributed by atoms with van der Waals surface area (Å²) in [7, 11) is -1.37. The number of hydrogen-bond donors (Lipinski definition) is 0. The summed E-state index contributed by atoms with van der Waals surface area (Å²) in [4.78, 5) is 0. The summed E-state index contributed by atoms with van der Waals surface area (Å²) in [6.45, 7) is 10.4. The minimum Gasteiger partial charge on any atom is -0.417 e. The topological polar surface area (TPSA) is 9.23 Å². The fraction of sp³-hybridized carbons (Fsp3) is 1.00. The van der Waals surface area contributed by atoms with E-state index in [0.29, 0.717) is 0 Å². The standard InChI is InChI=1S/C22H48OSi/c1-5-7-9-11-13-14-15-16-17-19-21-23-24(3,4)22-20-18-12-10-8-6-2/h5-22H2,1-4H3. The van der Waals surface area contributed by atoms with Crippen LogP contribution in [0.3, 0.4) is 0 Å². The summed E-state index contributed by atoms with van der Waals surface area (Å²) in [5.74, 6) is 0. The molecule has 0 saturated carbocycles. The highest BCUT2D eigenvalue weighted by Crippen LogP contribution is 2.18. The largest absolute Gasteiger partial charge is 0.417 e. The molecule has 0 N–H and O–H groups in total. The van der Waals surface area contributed by atoms with E-state index in [1.807, 2.05) is 0 Å². The average Bonchev–Trinajstić information content (AvgIpc) is 2.56. The van der Waals surface area contributed by atoms with Crippen LogP contribution in [0.2, 0.25) is 19.1 Å². The maximum Gasteiger partial charge on any atom is 0.186 e. The average molecular weight is 357 g/mol. The van der Waals surface area contributed by atoms with Crippen molar-refractivity contribution in [2.24, 2.45) is 0 Å². The molecule has 0 aliphatic rings. The Balaban J connectivity index is 3.30. The van der Waals surface area contributed by atoms with Crippen LogP contribution in [0, 0.1) is 0 Å². The van der Waals surface area contributed by atoms with Gasteiger partial charge in [-0.1, -0.05) is 110 Å². The predicted molar refractivity (Wildman–Crippen MR) is 113 cm³/mol. The molecule has 0 amide bonds. The van der Waals surface area contributed by atoms with Crippen molar-refractivity contribution in [3.05, 3.63) is 0 Å². The van der Waals surface area contributed by atoms with Crippen LogP contribution in [0.1, 0.15) is 117 Å². The van der Waals surface area contributed by atoms with Crippen LogP contribution in [0.15, 0.2) is 0 Å². The maximum absolute atomic E-state index is 6.27. The first-order chi connectivity index (χ1) is 11.6. The van der Waals surface area contributed by atoms with E-state index < -0.39 is 8.32 Å². The molecule has 0 aromatic heterocycles. The summed E-state index contributed by atoms with van der Waals surface area (Å²) >= 11 is 0. The van der Waals surface area contributed by atoms with Crippen molar-refractivity contribution in [1.82, 2.24) is 0 Å². The monoisotopic (exact) mass is 356 g/mol. The molecule has 0 aromatic rings. The third-order valence-electron chi connectivity index (χ3n) is 5.12. The Bertz CT molecular complexity index is 240. The van der Waals surface area contributed by atoms with Crippen molar-refractivity contribution >= 4 is 8.32 Å². The van der Waals surface area contributed by atoms with Gasteiger partial charge in [-0.25, -0.2) is 0 Å². The Kier molecular flexibility index (Phi) is 18.1. The van der Waals surface area contributed by atoms with Crippen LogP contribution in [-0.4, -0.2) is 14.9 Å². The molecule has 24 heavy (non-hydrogen) atoms. The first-order valence-electron chi connectivity index (χ1n) is 11.3. The molecule has 0 atom stereocenters. The molecule has 0 heterocycles. The van der Waals surface area contributed by atoms with E-state index in [0.717, 1.165) is 6.61 Å². The van der Waals surface area contributed by atoms with Crippen LogP contribution in [0.25, 0.3) is 0 Å². The van der Waals surface area contributed by atoms with Crippen LogP contribution >= 0.6 is 0 Å². The van der Waals surface area contributed by atoms with Crippen molar-refractivity contribution in [3.8, 4) is 0 Å². The van der Waals surface area contributed by atoms with Gasteiger partial charge in [-0.05, 0) is 25.6 Å². The summed E-state index contributed by atoms with van der Waals surface area (Å²) in [5, 5.41) is 0. The van der Waals surface area contributed by atoms with Crippen LogP contribution in [0.5, 0.6) is 0 Å². The first-order valence-corrected chi connectivity index (χ1v) is 14.4. The van der Waals surface area contributed by atoms with Gasteiger partial charge in [0.25, 0.3) is 0 Å². The molecule has 146 valence electrons. The lowest BCUT2D eigenvalue weighted by Crippen LogP contribution is -2.30. The van der Waals surface area contributed by atoms with Crippen molar-refractivity contribution in [1.29, 1.82) is 0 Å². The molecule has 0 unspecified atom stereocenters. The van der Waals surface area contributed by atoms with E-state index in [2.05, 4.69) is 26.9 Å². The Morgan fingerprint density at radius 1 is 0.500 bits per heavy atom. The third-order valence-corrected chi connectivity index (χ3v) is 7.67. The second kappa shape index (κ2) is 18.0. The zero-order valence-electron chi connectivity index (χ0n) is 17.6. The van der Waals surface area contributed by atoms with Gasteiger partial charge in [0.05, 0.1) is 0 Å². The van der Waals surface area contributed by atoms with Crippen molar-refractivity contribution < 1.29 is 4.43 Å². The molecular weight excluding hydrogens is 308 g/mol. The van der Waals surface area contributed by atoms with E-state index in [-0.39, 0.29) is 0 Å². The molecule has 0 aromatic carbocycles. The van der Waals surface area contributed by atoms with Gasteiger partial charge in [0.2, 0.25) is 0 Å². The van der Waals surface area contributed by atoms with Gasteiger partial charge in [-0.3, -0.25) is 0 Å². The minimum absolute atomic E-state index is 1.02. The molecule has 0 aliphatic heterocycles. The quantitative estimate of drug-likeness (QED) is 0.166. The van der Waals surface area contributed by atoms with E-state index in [4.69, 9.17) is 4.43 Å². The first kappa shape index (κ1) is 24.2. The molecule has 0 rings (SSSR count). The molecule has 2 heteroatoms. The van der Waals surface area contributed by atoms with Crippen molar-refractivity contribution in [3.63, 3.8) is 0 Å². The number of unbranched alkanes of at least 4 members (excludes halogenated alkanes) is 14. The predicted octanol–water partition coefficient (Wildman–Crippen LogP) is 8.49. The summed E-state index contributed by atoms with van der Waals surface area (Å²) in [6.07, 6.45) is 22.5. The molecule has 0 fully saturated rings. The third kappa shape index (κ3) is 18.5. The normalized spacial score (nSPS) is 12.0. The lowest BCUT2D eigenvalue weighted by molar-refractivity contribution is 0.293. The zero-order chi connectivity index (χ0) is 17.9. The van der Waals surface area contributed by atoms with Gasteiger partial charge in [0.15, 0.2) is 8.32 Å². The zero-order valence-corrected chi connectivity index (χ0v) is 18.6. The molecule has 0 saturated heterocycles. The van der Waals surface area contributed by atoms with Gasteiger partial charge in [0, 0.05) is 6.61 Å². The van der Waals surface area contributed by atoms with E-state index in [1.54, 1.807) is 0 Å². The van der Waals surface area contributed by atoms with Crippen LogP contribution in [-0.2, 0) is 4.43 Å². The summed E-state index contributed by atoms with van der Waals surface area (Å²) < 4.78 is 6.27. The molecule has 0 spiro atoms. The Hall–Kier alpha value is 0.177. The number of hydrogen-bond acceptors (Lipinski definition) is 1. The molecule has 0 aliphatic carbocycles. The van der Waals surface area contributed by atoms with E-state index in [1.165, 1.54) is 109 Å². The minimum atomic E-state index is -1.37. The van der Waals surface area contributed by atoms with Gasteiger partial charge < -0.3 is 4.43 Å². The van der Waals surface area contributed by atoms with Crippen LogP contribution < -0.4 is 0 Å². The lowest BCUT2D eigenvalue weighted by Gasteiger charge is -2.22. The second-order valence-electron chi connectivity index (χ2n) is 8.31. The van der Waals surface area contributed by atoms with E-state index >= 15 is 0 Å². The smallest absolute Gasteiger partial charge is 0.186 e. The Morgan fingerprint density at radius 3 is 1.33 bits per heavy atom. The van der Waals surface area contributed by atoms with Crippen LogP contribution in [0.4, 0.5) is 0 Å². The van der Waals surface area contributed by atoms with E-state index in [9.17, 15) is 0 Å². The highest BCUT2D eigenvalue weighted by molar-refractivity contribution is 6.71.